The van der Waals surface area contributed by atoms with Crippen LogP contribution in [0.15, 0.2) is 24.3 Å². The molecule has 0 atom stereocenters. The number of quaternary nitrogens is 1. The molecule has 1 saturated heterocycles. The van der Waals surface area contributed by atoms with E-state index in [4.69, 9.17) is 12.2 Å². The Kier molecular flexibility index (Phi) is 6.36. The Bertz CT molecular complexity index is 536. The van der Waals surface area contributed by atoms with Gasteiger partial charge in [-0.15, -0.1) is 0 Å². The lowest BCUT2D eigenvalue weighted by molar-refractivity contribution is -0.880. The van der Waals surface area contributed by atoms with Crippen molar-refractivity contribution in [1.29, 1.82) is 0 Å². The topological polar surface area (TPSA) is 48.8 Å². The number of carbonyl (C=O) groups excluding carboxylic acids is 1. The Morgan fingerprint density at radius 2 is 1.87 bits per heavy atom. The van der Waals surface area contributed by atoms with E-state index < -0.39 is 0 Å². The minimum atomic E-state index is -0.0472. The fourth-order valence-corrected chi connectivity index (χ4v) is 2.84. The summed E-state index contributed by atoms with van der Waals surface area (Å²) in [6.07, 6.45) is 0.478. The fourth-order valence-electron chi connectivity index (χ4n) is 2.61. The van der Waals surface area contributed by atoms with Crippen LogP contribution in [0.4, 0.5) is 11.4 Å². The molecule has 0 aliphatic carbocycles. The van der Waals surface area contributed by atoms with Gasteiger partial charge in [0.1, 0.15) is 0 Å². The number of rotatable bonds is 4. The lowest BCUT2D eigenvalue weighted by atomic mass is 10.1. The highest BCUT2D eigenvalue weighted by molar-refractivity contribution is 7.80. The van der Waals surface area contributed by atoms with Crippen LogP contribution in [0.25, 0.3) is 0 Å². The molecule has 0 radical (unpaired) electrons. The molecule has 1 aromatic carbocycles. The van der Waals surface area contributed by atoms with Crippen molar-refractivity contribution < 1.29 is 9.69 Å². The third-order valence-corrected chi connectivity index (χ3v) is 4.16. The molecule has 1 aliphatic rings. The summed E-state index contributed by atoms with van der Waals surface area (Å²) in [6, 6.07) is 8.20. The molecule has 0 saturated carbocycles. The van der Waals surface area contributed by atoms with Crippen LogP contribution in [0, 0.1) is 5.92 Å². The van der Waals surface area contributed by atoms with E-state index in [-0.39, 0.29) is 5.91 Å². The van der Waals surface area contributed by atoms with Gasteiger partial charge in [-0.2, -0.15) is 0 Å². The number of thiocarbonyl (C=S) groups is 1. The first-order chi connectivity index (χ1) is 10.9. The second-order valence-corrected chi connectivity index (χ2v) is 7.00. The number of nitrogens with zero attached hydrogens (tertiary/aromatic N) is 1. The number of hydrogen-bond acceptors (Lipinski definition) is 3. The van der Waals surface area contributed by atoms with E-state index >= 15 is 0 Å². The highest BCUT2D eigenvalue weighted by Gasteiger charge is 2.16. The molecule has 23 heavy (non-hydrogen) atoms. The van der Waals surface area contributed by atoms with Gasteiger partial charge in [-0.1, -0.05) is 13.8 Å². The van der Waals surface area contributed by atoms with Crippen LogP contribution in [0.3, 0.4) is 0 Å². The molecule has 126 valence electrons. The number of nitrogens with one attached hydrogen (secondary N) is 3. The fraction of sp³-hybridized carbons (Fsp3) is 0.529. The standard InChI is InChI=1S/C17H26N4OS/c1-13(2)12-16(22)19-17(23)18-14-4-6-15(7-5-14)21-10-8-20(3)9-11-21/h4-7,13H,8-12H2,1-3H3,(H2,18,19,22,23)/p+1. The predicted octanol–water partition coefficient (Wildman–Crippen LogP) is 0.880. The first kappa shape index (κ1) is 17.7. The third-order valence-electron chi connectivity index (χ3n) is 3.95. The molecule has 0 unspecified atom stereocenters. The van der Waals surface area contributed by atoms with Gasteiger partial charge in [0.15, 0.2) is 5.11 Å². The second-order valence-electron chi connectivity index (χ2n) is 6.59. The highest BCUT2D eigenvalue weighted by atomic mass is 32.1. The van der Waals surface area contributed by atoms with Crippen molar-refractivity contribution in [2.24, 2.45) is 5.92 Å². The van der Waals surface area contributed by atoms with Gasteiger partial charge in [-0.25, -0.2) is 0 Å². The Hall–Kier alpha value is -1.66. The van der Waals surface area contributed by atoms with Gasteiger partial charge in [0.05, 0.1) is 33.2 Å². The number of piperazine rings is 1. The van der Waals surface area contributed by atoms with Crippen molar-refractivity contribution in [3.05, 3.63) is 24.3 Å². The Morgan fingerprint density at radius 3 is 2.43 bits per heavy atom. The van der Waals surface area contributed by atoms with E-state index in [0.717, 1.165) is 18.8 Å². The van der Waals surface area contributed by atoms with Crippen molar-refractivity contribution in [3.8, 4) is 0 Å². The van der Waals surface area contributed by atoms with Crippen LogP contribution in [0.5, 0.6) is 0 Å². The zero-order valence-electron chi connectivity index (χ0n) is 14.2. The molecular weight excluding hydrogens is 308 g/mol. The van der Waals surface area contributed by atoms with Gasteiger partial charge in [-0.3, -0.25) is 4.79 Å². The van der Waals surface area contributed by atoms with Gasteiger partial charge >= 0.3 is 0 Å². The zero-order chi connectivity index (χ0) is 16.8. The van der Waals surface area contributed by atoms with Crippen molar-refractivity contribution in [3.63, 3.8) is 0 Å². The van der Waals surface area contributed by atoms with Crippen molar-refractivity contribution in [2.75, 3.05) is 43.4 Å². The van der Waals surface area contributed by atoms with Crippen LogP contribution in [-0.2, 0) is 4.79 Å². The molecule has 1 aromatic rings. The molecule has 3 N–H and O–H groups in total. The summed E-state index contributed by atoms with van der Waals surface area (Å²) in [4.78, 5) is 15.7. The van der Waals surface area contributed by atoms with Gasteiger partial charge in [0, 0.05) is 17.8 Å². The van der Waals surface area contributed by atoms with E-state index in [1.54, 1.807) is 4.90 Å². The number of benzene rings is 1. The molecule has 2 rings (SSSR count). The SMILES string of the molecule is CC(C)CC(=O)NC(=S)Nc1ccc(N2CC[NH+](C)CC2)cc1. The molecule has 1 aliphatic heterocycles. The van der Waals surface area contributed by atoms with Crippen molar-refractivity contribution >= 4 is 34.6 Å². The number of carbonyl (C=O) groups is 1. The largest absolute Gasteiger partial charge is 0.360 e. The predicted molar refractivity (Wildman–Crippen MR) is 99.1 cm³/mol. The molecule has 0 bridgehead atoms. The maximum atomic E-state index is 11.7. The van der Waals surface area contributed by atoms with Crippen LogP contribution in [0.2, 0.25) is 0 Å². The summed E-state index contributed by atoms with van der Waals surface area (Å²) in [5.41, 5.74) is 2.13. The van der Waals surface area contributed by atoms with Crippen LogP contribution in [0.1, 0.15) is 20.3 Å². The molecule has 1 fully saturated rings. The number of amides is 1. The van der Waals surface area contributed by atoms with E-state index in [1.807, 2.05) is 26.0 Å². The summed E-state index contributed by atoms with van der Waals surface area (Å²) in [5, 5.41) is 6.12. The molecule has 5 nitrogen and oxygen atoms in total. The van der Waals surface area contributed by atoms with Crippen LogP contribution >= 0.6 is 12.2 Å². The third kappa shape index (κ3) is 5.80. The lowest BCUT2D eigenvalue weighted by Gasteiger charge is -2.31. The average molecular weight is 335 g/mol. The summed E-state index contributed by atoms with van der Waals surface area (Å²) < 4.78 is 0. The van der Waals surface area contributed by atoms with Crippen molar-refractivity contribution in [2.45, 2.75) is 20.3 Å². The van der Waals surface area contributed by atoms with Gasteiger partial charge in [-0.05, 0) is 42.4 Å². The van der Waals surface area contributed by atoms with Gasteiger partial charge in [0.25, 0.3) is 0 Å². The quantitative estimate of drug-likeness (QED) is 0.715. The summed E-state index contributed by atoms with van der Waals surface area (Å²) in [7, 11) is 2.24. The lowest BCUT2D eigenvalue weighted by Crippen LogP contribution is -3.12. The Morgan fingerprint density at radius 1 is 1.26 bits per heavy atom. The van der Waals surface area contributed by atoms with Crippen LogP contribution in [-0.4, -0.2) is 44.2 Å². The van der Waals surface area contributed by atoms with E-state index in [1.165, 1.54) is 18.8 Å². The summed E-state index contributed by atoms with van der Waals surface area (Å²) in [6.45, 7) is 8.53. The Labute approximate surface area is 144 Å². The normalized spacial score (nSPS) is 15.6. The maximum absolute atomic E-state index is 11.7. The smallest absolute Gasteiger partial charge is 0.226 e. The molecule has 6 heteroatoms. The highest BCUT2D eigenvalue weighted by Crippen LogP contribution is 2.18. The molecule has 0 spiro atoms. The van der Waals surface area contributed by atoms with Crippen molar-refractivity contribution in [1.82, 2.24) is 5.32 Å². The first-order valence-corrected chi connectivity index (χ1v) is 8.62. The monoisotopic (exact) mass is 335 g/mol. The molecule has 0 aromatic heterocycles. The van der Waals surface area contributed by atoms with E-state index in [9.17, 15) is 4.79 Å². The second kappa shape index (κ2) is 8.26. The maximum Gasteiger partial charge on any atom is 0.226 e. The average Bonchev–Trinajstić information content (AvgIpc) is 2.48. The minimum Gasteiger partial charge on any atom is -0.360 e. The van der Waals surface area contributed by atoms with E-state index in [2.05, 4.69) is 34.7 Å². The number of hydrogen-bond donors (Lipinski definition) is 3. The van der Waals surface area contributed by atoms with Gasteiger partial charge in [0.2, 0.25) is 5.91 Å². The summed E-state index contributed by atoms with van der Waals surface area (Å²) in [5.74, 6) is 0.275. The van der Waals surface area contributed by atoms with E-state index in [0.29, 0.717) is 17.5 Å². The molecule has 1 heterocycles. The Balaban J connectivity index is 1.85. The number of likely N-dealkylation sites (N-methyl/N-ethyl adjacent to an activating group) is 1. The van der Waals surface area contributed by atoms with Gasteiger partial charge < -0.3 is 20.4 Å². The minimum absolute atomic E-state index is 0.0472. The van der Waals surface area contributed by atoms with Crippen LogP contribution < -0.4 is 20.4 Å². The molecular formula is C17H27N4OS+. The molecule has 1 amide bonds. The first-order valence-electron chi connectivity index (χ1n) is 8.21. The number of anilines is 2. The summed E-state index contributed by atoms with van der Waals surface area (Å²) >= 11 is 5.18. The zero-order valence-corrected chi connectivity index (χ0v) is 15.0.